The number of methoxy groups -OCH3 is 1. The zero-order valence-electron chi connectivity index (χ0n) is 19.5. The van der Waals surface area contributed by atoms with Crippen molar-refractivity contribution in [1.82, 2.24) is 0 Å². The number of anilines is 1. The van der Waals surface area contributed by atoms with Crippen LogP contribution in [0.3, 0.4) is 0 Å². The molecule has 0 radical (unpaired) electrons. The van der Waals surface area contributed by atoms with Crippen molar-refractivity contribution in [3.63, 3.8) is 0 Å². The van der Waals surface area contributed by atoms with E-state index in [1.807, 2.05) is 30.3 Å². The highest BCUT2D eigenvalue weighted by molar-refractivity contribution is 6.30. The monoisotopic (exact) mass is 510 g/mol. The van der Waals surface area contributed by atoms with Gasteiger partial charge in [-0.2, -0.15) is 0 Å². The predicted octanol–water partition coefficient (Wildman–Crippen LogP) is 4.99. The highest BCUT2D eigenvalue weighted by Gasteiger charge is 2.54. The number of benzene rings is 3. The SMILES string of the molecule is COc1ccc2c(c1-c1ccccc1)C(CO[N+](=O)[O-])(CC(=O)O)C(C)N2C(=O)c1ccc(Cl)cc1. The van der Waals surface area contributed by atoms with Crippen LogP contribution in [0.2, 0.25) is 5.02 Å². The Hall–Kier alpha value is -4.11. The number of hydrogen-bond acceptors (Lipinski definition) is 6. The second kappa shape index (κ2) is 9.87. The molecule has 0 saturated heterocycles. The molecule has 36 heavy (non-hydrogen) atoms. The van der Waals surface area contributed by atoms with E-state index < -0.39 is 41.4 Å². The molecule has 0 fully saturated rings. The van der Waals surface area contributed by atoms with Gasteiger partial charge >= 0.3 is 5.97 Å². The Morgan fingerprint density at radius 1 is 1.11 bits per heavy atom. The number of halogens is 1. The van der Waals surface area contributed by atoms with Crippen molar-refractivity contribution in [3.8, 4) is 16.9 Å². The molecule has 1 heterocycles. The minimum atomic E-state index is -1.46. The Bertz CT molecular complexity index is 1310. The van der Waals surface area contributed by atoms with Gasteiger partial charge in [-0.15, -0.1) is 10.1 Å². The van der Waals surface area contributed by atoms with Crippen LogP contribution in [-0.4, -0.2) is 41.8 Å². The minimum absolute atomic E-state index is 0.329. The van der Waals surface area contributed by atoms with Crippen molar-refractivity contribution >= 4 is 29.2 Å². The van der Waals surface area contributed by atoms with Crippen LogP contribution in [0.5, 0.6) is 5.75 Å². The van der Waals surface area contributed by atoms with Gasteiger partial charge in [-0.25, -0.2) is 0 Å². The van der Waals surface area contributed by atoms with Gasteiger partial charge in [-0.1, -0.05) is 41.9 Å². The largest absolute Gasteiger partial charge is 0.496 e. The molecule has 186 valence electrons. The molecule has 3 aromatic carbocycles. The number of aliphatic carboxylic acids is 1. The molecular weight excluding hydrogens is 488 g/mol. The van der Waals surface area contributed by atoms with E-state index in [9.17, 15) is 24.8 Å². The van der Waals surface area contributed by atoms with Crippen molar-refractivity contribution in [1.29, 1.82) is 0 Å². The Morgan fingerprint density at radius 2 is 1.78 bits per heavy atom. The standard InChI is InChI=1S/C26H23ClN2O7/c1-16-26(14-22(30)31,15-36-29(33)34)24-20(28(16)25(32)18-8-10-19(27)11-9-18)12-13-21(35-2)23(24)17-6-4-3-5-7-17/h3-13,16H,14-15H2,1-2H3,(H,30,31). The topological polar surface area (TPSA) is 119 Å². The van der Waals surface area contributed by atoms with Gasteiger partial charge < -0.3 is 19.6 Å². The summed E-state index contributed by atoms with van der Waals surface area (Å²) in [6.45, 7) is 1.10. The Morgan fingerprint density at radius 3 is 2.36 bits per heavy atom. The smallest absolute Gasteiger partial charge is 0.304 e. The van der Waals surface area contributed by atoms with Gasteiger partial charge in [0.2, 0.25) is 0 Å². The maximum Gasteiger partial charge on any atom is 0.304 e. The third-order valence-corrected chi connectivity index (χ3v) is 6.83. The highest BCUT2D eigenvalue weighted by Crippen LogP contribution is 2.54. The molecule has 1 N–H and O–H groups in total. The van der Waals surface area contributed by atoms with Crippen LogP contribution < -0.4 is 9.64 Å². The molecule has 0 spiro atoms. The Balaban J connectivity index is 2.03. The first kappa shape index (κ1) is 25.0. The summed E-state index contributed by atoms with van der Waals surface area (Å²) < 4.78 is 5.64. The first-order valence-corrected chi connectivity index (χ1v) is 11.4. The number of hydrogen-bond donors (Lipinski definition) is 1. The summed E-state index contributed by atoms with van der Waals surface area (Å²) >= 11 is 6.00. The van der Waals surface area contributed by atoms with Gasteiger partial charge in [0.05, 0.1) is 18.9 Å². The summed E-state index contributed by atoms with van der Waals surface area (Å²) in [5.41, 5.74) is 0.978. The molecule has 3 aromatic rings. The molecule has 0 aliphatic carbocycles. The zero-order chi connectivity index (χ0) is 26.0. The van der Waals surface area contributed by atoms with Gasteiger partial charge in [0.25, 0.3) is 11.0 Å². The fourth-order valence-corrected chi connectivity index (χ4v) is 5.06. The number of fused-ring (bicyclic) bond motifs is 1. The number of ether oxygens (including phenoxy) is 1. The van der Waals surface area contributed by atoms with Crippen LogP contribution in [0.1, 0.15) is 29.3 Å². The fourth-order valence-electron chi connectivity index (χ4n) is 4.94. The summed E-state index contributed by atoms with van der Waals surface area (Å²) in [6, 6.07) is 18.0. The van der Waals surface area contributed by atoms with Crippen LogP contribution >= 0.6 is 11.6 Å². The number of nitrogens with zero attached hydrogens (tertiary/aromatic N) is 2. The number of rotatable bonds is 8. The summed E-state index contributed by atoms with van der Waals surface area (Å²) in [5.74, 6) is -1.16. The molecule has 1 amide bonds. The van der Waals surface area contributed by atoms with E-state index in [1.165, 1.54) is 12.0 Å². The second-order valence-electron chi connectivity index (χ2n) is 8.48. The number of carbonyl (C=O) groups is 2. The van der Waals surface area contributed by atoms with Crippen molar-refractivity contribution in [2.75, 3.05) is 18.6 Å². The second-order valence-corrected chi connectivity index (χ2v) is 8.92. The summed E-state index contributed by atoms with van der Waals surface area (Å²) in [6.07, 6.45) is -0.521. The first-order chi connectivity index (χ1) is 17.2. The maximum absolute atomic E-state index is 13.8. The van der Waals surface area contributed by atoms with E-state index in [4.69, 9.17) is 21.2 Å². The van der Waals surface area contributed by atoms with Crippen LogP contribution in [0.15, 0.2) is 66.7 Å². The molecular formula is C26H23ClN2O7. The molecule has 10 heteroatoms. The summed E-state index contributed by atoms with van der Waals surface area (Å²) in [5, 5.41) is 20.7. The van der Waals surface area contributed by atoms with Gasteiger partial charge in [-0.3, -0.25) is 9.59 Å². The molecule has 4 rings (SSSR count). The lowest BCUT2D eigenvalue weighted by Gasteiger charge is -2.35. The highest BCUT2D eigenvalue weighted by atomic mass is 35.5. The van der Waals surface area contributed by atoms with Crippen molar-refractivity contribution in [3.05, 3.63) is 93.0 Å². The van der Waals surface area contributed by atoms with Crippen LogP contribution in [0.25, 0.3) is 11.1 Å². The molecule has 2 unspecified atom stereocenters. The van der Waals surface area contributed by atoms with Crippen LogP contribution in [0, 0.1) is 10.1 Å². The van der Waals surface area contributed by atoms with Crippen LogP contribution in [-0.2, 0) is 15.0 Å². The van der Waals surface area contributed by atoms with E-state index in [2.05, 4.69) is 0 Å². The first-order valence-electron chi connectivity index (χ1n) is 11.0. The minimum Gasteiger partial charge on any atom is -0.496 e. The molecule has 1 aliphatic heterocycles. The van der Waals surface area contributed by atoms with E-state index in [0.717, 1.165) is 0 Å². The lowest BCUT2D eigenvalue weighted by molar-refractivity contribution is -0.759. The van der Waals surface area contributed by atoms with Crippen LogP contribution in [0.4, 0.5) is 5.69 Å². The summed E-state index contributed by atoms with van der Waals surface area (Å²) in [4.78, 5) is 43.5. The predicted molar refractivity (Wildman–Crippen MR) is 133 cm³/mol. The average molecular weight is 511 g/mol. The average Bonchev–Trinajstić information content (AvgIpc) is 3.10. The van der Waals surface area contributed by atoms with Crippen molar-refractivity contribution < 1.29 is 29.4 Å². The Labute approximate surface area is 211 Å². The van der Waals surface area contributed by atoms with Crippen molar-refractivity contribution in [2.45, 2.75) is 24.8 Å². The quantitative estimate of drug-likeness (QED) is 0.335. The number of carbonyl (C=O) groups excluding carboxylic acids is 1. The van der Waals surface area contributed by atoms with Gasteiger partial charge in [0.1, 0.15) is 12.4 Å². The molecule has 0 bridgehead atoms. The number of amides is 1. The normalized spacial score (nSPS) is 18.4. The van der Waals surface area contributed by atoms with E-state index >= 15 is 0 Å². The van der Waals surface area contributed by atoms with Crippen molar-refractivity contribution in [2.24, 2.45) is 0 Å². The zero-order valence-corrected chi connectivity index (χ0v) is 20.3. The maximum atomic E-state index is 13.8. The molecule has 0 aromatic heterocycles. The molecule has 1 aliphatic rings. The third-order valence-electron chi connectivity index (χ3n) is 6.58. The van der Waals surface area contributed by atoms with E-state index in [-0.39, 0.29) is 0 Å². The lowest BCUT2D eigenvalue weighted by atomic mass is 9.72. The number of carboxylic acid groups (broad SMARTS) is 1. The van der Waals surface area contributed by atoms with E-state index in [1.54, 1.807) is 43.3 Å². The molecule has 9 nitrogen and oxygen atoms in total. The van der Waals surface area contributed by atoms with Gasteiger partial charge in [0, 0.05) is 27.9 Å². The lowest BCUT2D eigenvalue weighted by Crippen LogP contribution is -2.49. The van der Waals surface area contributed by atoms with Gasteiger partial charge in [0.15, 0.2) is 0 Å². The molecule has 2 atom stereocenters. The fraction of sp³-hybridized carbons (Fsp3) is 0.231. The molecule has 0 saturated carbocycles. The Kier molecular flexibility index (Phi) is 6.85. The van der Waals surface area contributed by atoms with Gasteiger partial charge in [-0.05, 0) is 54.4 Å². The number of carboxylic acids is 1. The summed E-state index contributed by atoms with van der Waals surface area (Å²) in [7, 11) is 1.48. The van der Waals surface area contributed by atoms with E-state index in [0.29, 0.717) is 38.7 Å². The third kappa shape index (κ3) is 4.33.